The van der Waals surface area contributed by atoms with E-state index in [0.717, 1.165) is 41.5 Å². The Labute approximate surface area is 180 Å². The molecular weight excluding hydrogens is 420 g/mol. The molecule has 4 aromatic rings. The van der Waals surface area contributed by atoms with Crippen LogP contribution in [0.2, 0.25) is 0 Å². The monoisotopic (exact) mass is 440 g/mol. The molecule has 5 rings (SSSR count). The van der Waals surface area contributed by atoms with Gasteiger partial charge >= 0.3 is 0 Å². The minimum Gasteiger partial charge on any atom is -0.338 e. The van der Waals surface area contributed by atoms with Gasteiger partial charge in [-0.1, -0.05) is 0 Å². The van der Waals surface area contributed by atoms with E-state index in [2.05, 4.69) is 24.7 Å². The molecule has 1 aliphatic heterocycles. The van der Waals surface area contributed by atoms with Crippen molar-refractivity contribution in [3.05, 3.63) is 50.2 Å². The van der Waals surface area contributed by atoms with E-state index in [9.17, 15) is 9.59 Å². The molecule has 30 heavy (non-hydrogen) atoms. The van der Waals surface area contributed by atoms with Gasteiger partial charge in [0.15, 0.2) is 5.82 Å². The van der Waals surface area contributed by atoms with E-state index >= 15 is 0 Å². The molecule has 4 aromatic heterocycles. The molecule has 0 aliphatic carbocycles. The number of hydrogen-bond acceptors (Lipinski definition) is 7. The van der Waals surface area contributed by atoms with Gasteiger partial charge in [0.05, 0.1) is 18.4 Å². The normalized spacial score (nSPS) is 13.1. The molecule has 0 atom stereocenters. The van der Waals surface area contributed by atoms with Gasteiger partial charge in [0, 0.05) is 40.7 Å². The number of nitrogens with one attached hydrogen (secondary N) is 1. The minimum absolute atomic E-state index is 0.0357. The van der Waals surface area contributed by atoms with Crippen LogP contribution in [-0.2, 0) is 30.7 Å². The lowest BCUT2D eigenvalue weighted by Gasteiger charge is -2.16. The van der Waals surface area contributed by atoms with E-state index in [4.69, 9.17) is 0 Å². The lowest BCUT2D eigenvalue weighted by Crippen LogP contribution is -2.30. The first-order chi connectivity index (χ1) is 14.5. The molecule has 1 N–H and O–H groups in total. The maximum atomic E-state index is 12.8. The zero-order valence-electron chi connectivity index (χ0n) is 16.6. The van der Waals surface area contributed by atoms with E-state index in [-0.39, 0.29) is 17.9 Å². The maximum Gasteiger partial charge on any atom is 0.260 e. The SMILES string of the molecule is Cc1ccc(-c2csc3nc(CC(=O)N(C)Cc4nnc5n4CCC5)[nH]c(=O)c23)s1. The zero-order valence-corrected chi connectivity index (χ0v) is 18.3. The van der Waals surface area contributed by atoms with Crippen LogP contribution in [0.4, 0.5) is 0 Å². The van der Waals surface area contributed by atoms with Gasteiger partial charge in [-0.25, -0.2) is 4.98 Å². The summed E-state index contributed by atoms with van der Waals surface area (Å²) in [6, 6.07) is 4.06. The number of H-pyrrole nitrogens is 1. The molecule has 0 saturated heterocycles. The van der Waals surface area contributed by atoms with Crippen LogP contribution in [0.15, 0.2) is 22.3 Å². The second kappa shape index (κ2) is 7.44. The molecule has 0 bridgehead atoms. The fourth-order valence-electron chi connectivity index (χ4n) is 3.74. The smallest absolute Gasteiger partial charge is 0.260 e. The standard InChI is InChI=1S/C20H20N6O2S2/c1-11-5-6-13(30-11)12-10-29-20-18(12)19(28)21-14(22-20)8-17(27)25(2)9-16-24-23-15-4-3-7-26(15)16/h5-6,10H,3-4,7-9H2,1-2H3,(H,21,22,28). The minimum atomic E-state index is -0.206. The highest BCUT2D eigenvalue weighted by Crippen LogP contribution is 2.35. The highest BCUT2D eigenvalue weighted by atomic mass is 32.1. The van der Waals surface area contributed by atoms with Crippen molar-refractivity contribution < 1.29 is 4.79 Å². The third kappa shape index (κ3) is 3.35. The van der Waals surface area contributed by atoms with Gasteiger partial charge in [-0.3, -0.25) is 9.59 Å². The van der Waals surface area contributed by atoms with Crippen molar-refractivity contribution in [2.45, 2.75) is 39.3 Å². The number of carbonyl (C=O) groups excluding carboxylic acids is 1. The number of aromatic amines is 1. The van der Waals surface area contributed by atoms with Crippen molar-refractivity contribution in [2.75, 3.05) is 7.05 Å². The van der Waals surface area contributed by atoms with Gasteiger partial charge in [0.25, 0.3) is 5.56 Å². The Morgan fingerprint density at radius 3 is 3.00 bits per heavy atom. The predicted molar refractivity (Wildman–Crippen MR) is 117 cm³/mol. The van der Waals surface area contributed by atoms with Crippen molar-refractivity contribution in [3.63, 3.8) is 0 Å². The van der Waals surface area contributed by atoms with Crippen molar-refractivity contribution in [2.24, 2.45) is 0 Å². The van der Waals surface area contributed by atoms with Crippen LogP contribution in [0.25, 0.3) is 20.7 Å². The van der Waals surface area contributed by atoms with Crippen LogP contribution >= 0.6 is 22.7 Å². The van der Waals surface area contributed by atoms with Gasteiger partial charge in [0.1, 0.15) is 16.5 Å². The molecular formula is C20H20N6O2S2. The summed E-state index contributed by atoms with van der Waals surface area (Å²) in [5.74, 6) is 2.03. The van der Waals surface area contributed by atoms with E-state index in [1.54, 1.807) is 23.3 Å². The lowest BCUT2D eigenvalue weighted by molar-refractivity contribution is -0.129. The molecule has 0 unspecified atom stereocenters. The number of likely N-dealkylation sites (N-methyl/N-ethyl adjacent to an activating group) is 1. The summed E-state index contributed by atoms with van der Waals surface area (Å²) >= 11 is 3.08. The van der Waals surface area contributed by atoms with Crippen LogP contribution in [0.5, 0.6) is 0 Å². The van der Waals surface area contributed by atoms with Gasteiger partial charge in [-0.15, -0.1) is 32.9 Å². The number of thiophene rings is 2. The number of fused-ring (bicyclic) bond motifs is 2. The van der Waals surface area contributed by atoms with Crippen LogP contribution in [-0.4, -0.2) is 42.6 Å². The molecule has 0 saturated carbocycles. The number of nitrogens with zero attached hydrogens (tertiary/aromatic N) is 5. The molecule has 10 heteroatoms. The van der Waals surface area contributed by atoms with Gasteiger partial charge in [-0.2, -0.15) is 0 Å². The van der Waals surface area contributed by atoms with Gasteiger partial charge in [0.2, 0.25) is 5.91 Å². The van der Waals surface area contributed by atoms with Crippen molar-refractivity contribution in [1.82, 2.24) is 29.6 Å². The molecule has 1 aliphatic rings. The van der Waals surface area contributed by atoms with Crippen LogP contribution in [0.3, 0.4) is 0 Å². The summed E-state index contributed by atoms with van der Waals surface area (Å²) in [6.07, 6.45) is 2.03. The van der Waals surface area contributed by atoms with E-state index in [1.165, 1.54) is 16.2 Å². The Kier molecular flexibility index (Phi) is 4.75. The first-order valence-electron chi connectivity index (χ1n) is 9.71. The number of carbonyl (C=O) groups is 1. The van der Waals surface area contributed by atoms with Crippen LogP contribution in [0.1, 0.15) is 28.8 Å². The van der Waals surface area contributed by atoms with E-state index in [0.29, 0.717) is 22.6 Å². The summed E-state index contributed by atoms with van der Waals surface area (Å²) in [5, 5.41) is 10.9. The molecule has 5 heterocycles. The fraction of sp³-hybridized carbons (Fsp3) is 0.350. The first kappa shape index (κ1) is 19.1. The highest BCUT2D eigenvalue weighted by Gasteiger charge is 2.21. The fourth-order valence-corrected chi connectivity index (χ4v) is 5.67. The largest absolute Gasteiger partial charge is 0.338 e. The molecule has 154 valence electrons. The number of rotatable bonds is 5. The van der Waals surface area contributed by atoms with Crippen LogP contribution in [0, 0.1) is 6.92 Å². The molecule has 0 fully saturated rings. The average Bonchev–Trinajstić information content (AvgIpc) is 3.46. The Morgan fingerprint density at radius 2 is 2.20 bits per heavy atom. The number of amides is 1. The Bertz CT molecular complexity index is 1310. The molecule has 8 nitrogen and oxygen atoms in total. The highest BCUT2D eigenvalue weighted by molar-refractivity contribution is 7.19. The number of aromatic nitrogens is 5. The molecule has 0 spiro atoms. The quantitative estimate of drug-likeness (QED) is 0.515. The maximum absolute atomic E-state index is 12.8. The zero-order chi connectivity index (χ0) is 20.8. The summed E-state index contributed by atoms with van der Waals surface area (Å²) in [6.45, 7) is 3.33. The van der Waals surface area contributed by atoms with Crippen molar-refractivity contribution in [1.29, 1.82) is 0 Å². The second-order valence-corrected chi connectivity index (χ2v) is 9.61. The van der Waals surface area contributed by atoms with Gasteiger partial charge in [-0.05, 0) is 25.5 Å². The summed E-state index contributed by atoms with van der Waals surface area (Å²) < 4.78 is 2.08. The van der Waals surface area contributed by atoms with E-state index < -0.39 is 0 Å². The Morgan fingerprint density at radius 1 is 1.33 bits per heavy atom. The van der Waals surface area contributed by atoms with Crippen LogP contribution < -0.4 is 5.56 Å². The summed E-state index contributed by atoms with van der Waals surface area (Å²) in [4.78, 5) is 37.4. The second-order valence-electron chi connectivity index (χ2n) is 7.47. The van der Waals surface area contributed by atoms with Crippen molar-refractivity contribution >= 4 is 38.8 Å². The van der Waals surface area contributed by atoms with Crippen molar-refractivity contribution in [3.8, 4) is 10.4 Å². The molecule has 0 aromatic carbocycles. The Balaban J connectivity index is 1.36. The lowest BCUT2D eigenvalue weighted by atomic mass is 10.2. The van der Waals surface area contributed by atoms with Gasteiger partial charge < -0.3 is 14.5 Å². The number of aryl methyl sites for hydroxylation is 2. The third-order valence-corrected chi connectivity index (χ3v) is 7.21. The first-order valence-corrected chi connectivity index (χ1v) is 11.4. The topological polar surface area (TPSA) is 96.8 Å². The third-order valence-electron chi connectivity index (χ3n) is 5.31. The summed E-state index contributed by atoms with van der Waals surface area (Å²) in [7, 11) is 1.73. The molecule has 0 radical (unpaired) electrons. The summed E-state index contributed by atoms with van der Waals surface area (Å²) in [5.41, 5.74) is 0.695. The predicted octanol–water partition coefficient (Wildman–Crippen LogP) is 2.76. The number of hydrogen-bond donors (Lipinski definition) is 1. The van der Waals surface area contributed by atoms with E-state index in [1.807, 2.05) is 24.4 Å². The Hall–Kier alpha value is -2.85. The molecule has 1 amide bonds. The average molecular weight is 441 g/mol.